The van der Waals surface area contributed by atoms with Crippen LogP contribution < -0.4 is 0 Å². The highest BCUT2D eigenvalue weighted by Crippen LogP contribution is 2.36. The van der Waals surface area contributed by atoms with E-state index in [4.69, 9.17) is 0 Å². The first-order valence-corrected chi connectivity index (χ1v) is 9.26. The maximum absolute atomic E-state index is 13.0. The Bertz CT molecular complexity index is 716. The molecule has 0 unspecified atom stereocenters. The number of rotatable bonds is 4. The number of hydrogen-bond donors (Lipinski definition) is 0. The number of benzene rings is 1. The van der Waals surface area contributed by atoms with Crippen LogP contribution in [0.3, 0.4) is 0 Å². The van der Waals surface area contributed by atoms with Gasteiger partial charge < -0.3 is 9.80 Å². The van der Waals surface area contributed by atoms with Crippen molar-refractivity contribution in [2.24, 2.45) is 5.92 Å². The maximum Gasteiger partial charge on any atom is 0.416 e. The second-order valence-corrected chi connectivity index (χ2v) is 6.87. The van der Waals surface area contributed by atoms with Crippen LogP contribution in [0.15, 0.2) is 18.2 Å². The molecule has 0 radical (unpaired) electrons. The lowest BCUT2D eigenvalue weighted by molar-refractivity contribution is -0.143. The number of hydrogen-bond acceptors (Lipinski definition) is 2. The minimum Gasteiger partial charge on any atom is -0.343 e. The van der Waals surface area contributed by atoms with E-state index in [1.165, 1.54) is 4.90 Å². The van der Waals surface area contributed by atoms with Crippen molar-refractivity contribution in [1.82, 2.24) is 9.80 Å². The second kappa shape index (κ2) is 8.62. The van der Waals surface area contributed by atoms with Crippen LogP contribution in [0.1, 0.15) is 48.2 Å². The van der Waals surface area contributed by atoms with Crippen molar-refractivity contribution < 1.29 is 35.9 Å². The summed E-state index contributed by atoms with van der Waals surface area (Å²) >= 11 is 0. The van der Waals surface area contributed by atoms with Crippen molar-refractivity contribution in [2.45, 2.75) is 39.0 Å². The maximum atomic E-state index is 13.0. The van der Waals surface area contributed by atoms with E-state index >= 15 is 0 Å². The van der Waals surface area contributed by atoms with Crippen LogP contribution in [0, 0.1) is 5.92 Å². The topological polar surface area (TPSA) is 40.6 Å². The number of halogens is 6. The van der Waals surface area contributed by atoms with Gasteiger partial charge in [0.25, 0.3) is 5.91 Å². The zero-order valence-electron chi connectivity index (χ0n) is 16.0. The molecule has 1 aromatic carbocycles. The molecule has 4 nitrogen and oxygen atoms in total. The summed E-state index contributed by atoms with van der Waals surface area (Å²) in [5.74, 6) is -1.28. The molecule has 0 N–H and O–H groups in total. The molecule has 0 aromatic heterocycles. The first-order valence-electron chi connectivity index (χ1n) is 9.26. The molecule has 1 aromatic rings. The third-order valence-corrected chi connectivity index (χ3v) is 5.04. The first-order chi connectivity index (χ1) is 13.4. The Morgan fingerprint density at radius 1 is 0.931 bits per heavy atom. The van der Waals surface area contributed by atoms with Gasteiger partial charge in [-0.25, -0.2) is 0 Å². The minimum atomic E-state index is -5.01. The normalized spacial score (nSPS) is 16.1. The quantitative estimate of drug-likeness (QED) is 0.671. The Kier molecular flexibility index (Phi) is 6.85. The number of alkyl halides is 6. The lowest BCUT2D eigenvalue weighted by atomic mass is 9.94. The van der Waals surface area contributed by atoms with Gasteiger partial charge in [0, 0.05) is 37.7 Å². The molecule has 1 saturated heterocycles. The number of nitrogens with zero attached hydrogens (tertiary/aromatic N) is 2. The third-order valence-electron chi connectivity index (χ3n) is 5.04. The van der Waals surface area contributed by atoms with E-state index in [9.17, 15) is 35.9 Å². The summed E-state index contributed by atoms with van der Waals surface area (Å²) in [5, 5.41) is 0. The van der Waals surface area contributed by atoms with E-state index in [2.05, 4.69) is 0 Å². The molecule has 162 valence electrons. The zero-order chi connectivity index (χ0) is 22.0. The number of piperidine rings is 1. The fraction of sp³-hybridized carbons (Fsp3) is 0.579. The average molecular weight is 424 g/mol. The monoisotopic (exact) mass is 424 g/mol. The molecule has 0 saturated carbocycles. The molecular weight excluding hydrogens is 402 g/mol. The first kappa shape index (κ1) is 23.0. The molecule has 1 aliphatic rings. The van der Waals surface area contributed by atoms with Gasteiger partial charge in [0.15, 0.2) is 0 Å². The van der Waals surface area contributed by atoms with Crippen LogP contribution in [0.5, 0.6) is 0 Å². The molecular formula is C19H22F6N2O2. The van der Waals surface area contributed by atoms with Crippen LogP contribution >= 0.6 is 0 Å². The molecule has 0 spiro atoms. The molecule has 0 atom stereocenters. The molecule has 0 aliphatic carbocycles. The van der Waals surface area contributed by atoms with E-state index in [1.807, 2.05) is 13.8 Å². The highest BCUT2D eigenvalue weighted by atomic mass is 19.4. The van der Waals surface area contributed by atoms with E-state index in [-0.39, 0.29) is 31.0 Å². The predicted molar refractivity (Wildman–Crippen MR) is 93.0 cm³/mol. The molecule has 1 aliphatic heterocycles. The Morgan fingerprint density at radius 3 is 1.76 bits per heavy atom. The average Bonchev–Trinajstić information content (AvgIpc) is 2.66. The van der Waals surface area contributed by atoms with Gasteiger partial charge in [0.05, 0.1) is 11.1 Å². The van der Waals surface area contributed by atoms with E-state index in [0.29, 0.717) is 38.1 Å². The van der Waals surface area contributed by atoms with Crippen LogP contribution in [0.4, 0.5) is 26.3 Å². The molecule has 29 heavy (non-hydrogen) atoms. The van der Waals surface area contributed by atoms with E-state index in [0.717, 1.165) is 0 Å². The molecule has 2 amide bonds. The summed E-state index contributed by atoms with van der Waals surface area (Å²) in [5.41, 5.74) is -3.72. The smallest absolute Gasteiger partial charge is 0.343 e. The number of carbonyl (C=O) groups excluding carboxylic acids is 2. The number of carbonyl (C=O) groups is 2. The molecule has 1 heterocycles. The minimum absolute atomic E-state index is 0.00817. The summed E-state index contributed by atoms with van der Waals surface area (Å²) in [6, 6.07) is 0.862. The molecule has 0 bridgehead atoms. The van der Waals surface area contributed by atoms with Crippen LogP contribution in [0.2, 0.25) is 0 Å². The van der Waals surface area contributed by atoms with Crippen LogP contribution in [-0.4, -0.2) is 47.8 Å². The van der Waals surface area contributed by atoms with Gasteiger partial charge in [-0.05, 0) is 44.9 Å². The lowest BCUT2D eigenvalue weighted by Gasteiger charge is -2.34. The van der Waals surface area contributed by atoms with Crippen molar-refractivity contribution in [3.63, 3.8) is 0 Å². The summed E-state index contributed by atoms with van der Waals surface area (Å²) in [4.78, 5) is 27.8. The fourth-order valence-corrected chi connectivity index (χ4v) is 3.38. The van der Waals surface area contributed by atoms with Crippen LogP contribution in [-0.2, 0) is 17.1 Å². The largest absolute Gasteiger partial charge is 0.416 e. The highest BCUT2D eigenvalue weighted by Gasteiger charge is 2.38. The second-order valence-electron chi connectivity index (χ2n) is 6.87. The van der Waals surface area contributed by atoms with Crippen molar-refractivity contribution >= 4 is 11.8 Å². The van der Waals surface area contributed by atoms with E-state index < -0.39 is 35.0 Å². The zero-order valence-corrected chi connectivity index (χ0v) is 16.0. The predicted octanol–water partition coefficient (Wildman–Crippen LogP) is 4.44. The standard InChI is InChI=1S/C19H22F6N2O2/c1-3-26(4-2)16(28)12-5-7-27(8-6-12)17(29)13-9-14(18(20,21)22)11-15(10-13)19(23,24)25/h9-12H,3-8H2,1-2H3. The SMILES string of the molecule is CCN(CC)C(=O)C1CCN(C(=O)c2cc(C(F)(F)F)cc(C(F)(F)F)c2)CC1. The Hall–Kier alpha value is -2.26. The Balaban J connectivity index is 2.20. The van der Waals surface area contributed by atoms with Gasteiger partial charge in [-0.15, -0.1) is 0 Å². The fourth-order valence-electron chi connectivity index (χ4n) is 3.38. The van der Waals surface area contributed by atoms with Crippen molar-refractivity contribution in [1.29, 1.82) is 0 Å². The van der Waals surface area contributed by atoms with Gasteiger partial charge in [-0.3, -0.25) is 9.59 Å². The van der Waals surface area contributed by atoms with Gasteiger partial charge >= 0.3 is 12.4 Å². The van der Waals surface area contributed by atoms with Crippen molar-refractivity contribution in [2.75, 3.05) is 26.2 Å². The summed E-state index contributed by atoms with van der Waals surface area (Å²) in [7, 11) is 0. The summed E-state index contributed by atoms with van der Waals surface area (Å²) in [6.07, 6.45) is -9.41. The third kappa shape index (κ3) is 5.42. The Labute approximate surface area is 164 Å². The van der Waals surface area contributed by atoms with Crippen molar-refractivity contribution in [3.8, 4) is 0 Å². The summed E-state index contributed by atoms with van der Waals surface area (Å²) in [6.45, 7) is 4.94. The van der Waals surface area contributed by atoms with E-state index in [1.54, 1.807) is 4.90 Å². The van der Waals surface area contributed by atoms with Gasteiger partial charge in [0.2, 0.25) is 5.91 Å². The van der Waals surface area contributed by atoms with Gasteiger partial charge in [-0.1, -0.05) is 0 Å². The molecule has 2 rings (SSSR count). The van der Waals surface area contributed by atoms with Crippen molar-refractivity contribution in [3.05, 3.63) is 34.9 Å². The highest BCUT2D eigenvalue weighted by molar-refractivity contribution is 5.95. The molecule has 10 heteroatoms. The number of amides is 2. The Morgan fingerprint density at radius 2 is 1.38 bits per heavy atom. The summed E-state index contributed by atoms with van der Waals surface area (Å²) < 4.78 is 77.9. The number of likely N-dealkylation sites (tertiary alicyclic amines) is 1. The van der Waals surface area contributed by atoms with Gasteiger partial charge in [0.1, 0.15) is 0 Å². The lowest BCUT2D eigenvalue weighted by Crippen LogP contribution is -2.44. The van der Waals surface area contributed by atoms with Gasteiger partial charge in [-0.2, -0.15) is 26.3 Å². The van der Waals surface area contributed by atoms with Crippen LogP contribution in [0.25, 0.3) is 0 Å². The molecule has 1 fully saturated rings.